The fraction of sp³-hybridized carbons (Fsp3) is 0.500. The first-order chi connectivity index (χ1) is 10.1. The molecule has 0 aliphatic rings. The minimum Gasteiger partial charge on any atom is -0.480 e. The minimum atomic E-state index is -1.24. The molecule has 1 aromatic heterocycles. The summed E-state index contributed by atoms with van der Waals surface area (Å²) in [6.07, 6.45) is 0.341. The number of rotatable bonds is 5. The number of nitrogens with two attached hydrogens (primary N) is 1. The number of hydrogen-bond acceptors (Lipinski definition) is 7. The number of hydrogen-bond donors (Lipinski definition) is 4. The highest BCUT2D eigenvalue weighted by molar-refractivity contribution is 6.32. The maximum Gasteiger partial charge on any atom is 0.408 e. The summed E-state index contributed by atoms with van der Waals surface area (Å²) in [6, 6.07) is -1.23. The molecule has 0 aliphatic heterocycles. The zero-order chi connectivity index (χ0) is 16.9. The van der Waals surface area contributed by atoms with E-state index in [0.29, 0.717) is 0 Å². The molecule has 122 valence electrons. The van der Waals surface area contributed by atoms with E-state index in [0.717, 1.165) is 0 Å². The van der Waals surface area contributed by atoms with E-state index in [4.69, 9.17) is 27.2 Å². The maximum absolute atomic E-state index is 11.6. The normalized spacial score (nSPS) is 12.4. The largest absolute Gasteiger partial charge is 0.480 e. The van der Waals surface area contributed by atoms with E-state index >= 15 is 0 Å². The molecule has 10 heteroatoms. The van der Waals surface area contributed by atoms with Crippen LogP contribution in [0.4, 0.5) is 16.3 Å². The van der Waals surface area contributed by atoms with Gasteiger partial charge in [-0.15, -0.1) is 0 Å². The summed E-state index contributed by atoms with van der Waals surface area (Å²) in [4.78, 5) is 30.3. The average Bonchev–Trinajstić information content (AvgIpc) is 2.36. The molecule has 0 unspecified atom stereocenters. The average molecular weight is 332 g/mol. The van der Waals surface area contributed by atoms with Gasteiger partial charge in [0.05, 0.1) is 0 Å². The van der Waals surface area contributed by atoms with Crippen molar-refractivity contribution >= 4 is 35.2 Å². The highest BCUT2D eigenvalue weighted by Gasteiger charge is 2.24. The third-order valence-electron chi connectivity index (χ3n) is 2.30. The Labute approximate surface area is 132 Å². The van der Waals surface area contributed by atoms with Gasteiger partial charge in [-0.3, -0.25) is 0 Å². The van der Waals surface area contributed by atoms with Gasteiger partial charge >= 0.3 is 12.1 Å². The van der Waals surface area contributed by atoms with Crippen molar-refractivity contribution in [1.82, 2.24) is 15.3 Å². The van der Waals surface area contributed by atoms with Crippen molar-refractivity contribution in [3.63, 3.8) is 0 Å². The third kappa shape index (κ3) is 5.60. The lowest BCUT2D eigenvalue weighted by Crippen LogP contribution is -2.47. The zero-order valence-corrected chi connectivity index (χ0v) is 13.1. The number of aliphatic carboxylic acids is 1. The van der Waals surface area contributed by atoms with Crippen molar-refractivity contribution in [3.05, 3.63) is 11.5 Å². The first-order valence-electron chi connectivity index (χ1n) is 6.32. The summed E-state index contributed by atoms with van der Waals surface area (Å²) in [5.74, 6) is -1.06. The van der Waals surface area contributed by atoms with Crippen molar-refractivity contribution in [1.29, 1.82) is 0 Å². The van der Waals surface area contributed by atoms with Gasteiger partial charge in [-0.25, -0.2) is 19.6 Å². The fourth-order valence-electron chi connectivity index (χ4n) is 1.36. The predicted octanol–water partition coefficient (Wildman–Crippen LogP) is 1.10. The van der Waals surface area contributed by atoms with Crippen LogP contribution in [0.5, 0.6) is 0 Å². The molecule has 9 nitrogen and oxygen atoms in total. The Morgan fingerprint density at radius 1 is 1.45 bits per heavy atom. The fourth-order valence-corrected chi connectivity index (χ4v) is 1.50. The Morgan fingerprint density at radius 2 is 2.09 bits per heavy atom. The molecular weight excluding hydrogens is 314 g/mol. The number of alkyl carbamates (subject to hydrolysis) is 1. The molecule has 0 saturated heterocycles. The second-order valence-electron chi connectivity index (χ2n) is 5.34. The van der Waals surface area contributed by atoms with Crippen molar-refractivity contribution in [3.8, 4) is 0 Å². The Hall–Kier alpha value is -2.29. The van der Waals surface area contributed by atoms with Gasteiger partial charge in [0, 0.05) is 6.54 Å². The SMILES string of the molecule is CC(C)(C)OC(=O)N[C@@H](CNc1ncnc(Cl)c1N)C(=O)O. The summed E-state index contributed by atoms with van der Waals surface area (Å²) >= 11 is 5.73. The molecule has 1 amide bonds. The minimum absolute atomic E-state index is 0.0458. The summed E-state index contributed by atoms with van der Waals surface area (Å²) < 4.78 is 5.00. The lowest BCUT2D eigenvalue weighted by molar-refractivity contribution is -0.139. The van der Waals surface area contributed by atoms with E-state index in [9.17, 15) is 9.59 Å². The molecular formula is C12H18ClN5O4. The van der Waals surface area contributed by atoms with Gasteiger partial charge in [0.1, 0.15) is 23.7 Å². The Balaban J connectivity index is 2.67. The van der Waals surface area contributed by atoms with Crippen LogP contribution in [0, 0.1) is 0 Å². The molecule has 1 aromatic rings. The van der Waals surface area contributed by atoms with E-state index in [1.54, 1.807) is 20.8 Å². The number of carbonyl (C=O) groups excluding carboxylic acids is 1. The number of aromatic nitrogens is 2. The number of carboxylic acids is 1. The monoisotopic (exact) mass is 331 g/mol. The van der Waals surface area contributed by atoms with E-state index in [1.807, 2.05) is 0 Å². The summed E-state index contributed by atoms with van der Waals surface area (Å²) in [7, 11) is 0. The number of nitrogens with one attached hydrogen (secondary N) is 2. The third-order valence-corrected chi connectivity index (χ3v) is 2.60. The van der Waals surface area contributed by atoms with Gasteiger partial charge in [0.15, 0.2) is 11.0 Å². The lowest BCUT2D eigenvalue weighted by atomic mass is 10.2. The standard InChI is InChI=1S/C12H18ClN5O4/c1-12(2,3)22-11(21)18-6(10(19)20)4-15-9-7(14)8(13)16-5-17-9/h5-6H,4,14H2,1-3H3,(H,18,21)(H,19,20)(H,15,16,17)/t6-/m0/s1. The number of anilines is 2. The summed E-state index contributed by atoms with van der Waals surface area (Å²) in [5, 5.41) is 14.1. The van der Waals surface area contributed by atoms with Crippen LogP contribution in [0.2, 0.25) is 5.15 Å². The molecule has 1 heterocycles. The van der Waals surface area contributed by atoms with Crippen LogP contribution in [-0.4, -0.2) is 45.3 Å². The summed E-state index contributed by atoms with van der Waals surface area (Å²) in [6.45, 7) is 4.85. The molecule has 0 saturated carbocycles. The van der Waals surface area contributed by atoms with Crippen molar-refractivity contribution in [2.75, 3.05) is 17.6 Å². The van der Waals surface area contributed by atoms with Crippen molar-refractivity contribution in [2.45, 2.75) is 32.4 Å². The van der Waals surface area contributed by atoms with Crippen molar-refractivity contribution < 1.29 is 19.4 Å². The van der Waals surface area contributed by atoms with E-state index < -0.39 is 23.7 Å². The van der Waals surface area contributed by atoms with E-state index in [-0.39, 0.29) is 23.2 Å². The van der Waals surface area contributed by atoms with Crippen LogP contribution in [0.15, 0.2) is 6.33 Å². The number of nitrogen functional groups attached to an aromatic ring is 1. The van der Waals surface area contributed by atoms with Crippen molar-refractivity contribution in [2.24, 2.45) is 0 Å². The molecule has 0 radical (unpaired) electrons. The number of carbonyl (C=O) groups is 2. The molecule has 22 heavy (non-hydrogen) atoms. The second kappa shape index (κ2) is 7.12. The van der Waals surface area contributed by atoms with Gasteiger partial charge in [-0.05, 0) is 20.8 Å². The van der Waals surface area contributed by atoms with Gasteiger partial charge in [0.2, 0.25) is 0 Å². The number of nitrogens with zero attached hydrogens (tertiary/aromatic N) is 2. The zero-order valence-electron chi connectivity index (χ0n) is 12.4. The predicted molar refractivity (Wildman–Crippen MR) is 80.7 cm³/mol. The second-order valence-corrected chi connectivity index (χ2v) is 5.70. The van der Waals surface area contributed by atoms with E-state index in [2.05, 4.69) is 20.6 Å². The Morgan fingerprint density at radius 3 is 2.64 bits per heavy atom. The first kappa shape index (κ1) is 17.8. The number of amides is 1. The first-order valence-corrected chi connectivity index (χ1v) is 6.70. The Bertz CT molecular complexity index is 561. The van der Waals surface area contributed by atoms with Crippen LogP contribution >= 0.6 is 11.6 Å². The molecule has 0 aliphatic carbocycles. The maximum atomic E-state index is 11.6. The molecule has 0 spiro atoms. The topological polar surface area (TPSA) is 139 Å². The van der Waals surface area contributed by atoms with Gasteiger partial charge in [-0.1, -0.05) is 11.6 Å². The highest BCUT2D eigenvalue weighted by atomic mass is 35.5. The highest BCUT2D eigenvalue weighted by Crippen LogP contribution is 2.21. The van der Waals surface area contributed by atoms with Crippen LogP contribution in [0.3, 0.4) is 0 Å². The summed E-state index contributed by atoms with van der Waals surface area (Å²) in [5.41, 5.74) is 5.01. The smallest absolute Gasteiger partial charge is 0.408 e. The quantitative estimate of drug-likeness (QED) is 0.588. The molecule has 1 rings (SSSR count). The molecule has 5 N–H and O–H groups in total. The lowest BCUT2D eigenvalue weighted by Gasteiger charge is -2.22. The number of carboxylic acid groups (broad SMARTS) is 1. The Kier molecular flexibility index (Phi) is 5.75. The van der Waals surface area contributed by atoms with Gasteiger partial charge < -0.3 is 26.2 Å². The van der Waals surface area contributed by atoms with Gasteiger partial charge in [-0.2, -0.15) is 0 Å². The van der Waals surface area contributed by atoms with Crippen LogP contribution in [0.1, 0.15) is 20.8 Å². The van der Waals surface area contributed by atoms with Crippen LogP contribution < -0.4 is 16.4 Å². The molecule has 0 aromatic carbocycles. The molecule has 0 bridgehead atoms. The number of ether oxygens (including phenoxy) is 1. The van der Waals surface area contributed by atoms with Crippen LogP contribution in [0.25, 0.3) is 0 Å². The molecule has 1 atom stereocenters. The van der Waals surface area contributed by atoms with Crippen LogP contribution in [-0.2, 0) is 9.53 Å². The van der Waals surface area contributed by atoms with Gasteiger partial charge in [0.25, 0.3) is 0 Å². The number of halogens is 1. The molecule has 0 fully saturated rings. The van der Waals surface area contributed by atoms with E-state index in [1.165, 1.54) is 6.33 Å².